The molecule has 2 fully saturated rings. The highest BCUT2D eigenvalue weighted by molar-refractivity contribution is 7.92. The van der Waals surface area contributed by atoms with Gasteiger partial charge in [0.05, 0.1) is 29.1 Å². The molecule has 3 aromatic rings. The number of sulfonamides is 1. The molecule has 1 amide bonds. The minimum Gasteiger partial charge on any atom is -0.390 e. The molecule has 5 atom stereocenters. The summed E-state index contributed by atoms with van der Waals surface area (Å²) in [7, 11) is -1.93. The third-order valence-electron chi connectivity index (χ3n) is 9.43. The van der Waals surface area contributed by atoms with Crippen LogP contribution in [0.25, 0.3) is 10.9 Å². The van der Waals surface area contributed by atoms with Crippen molar-refractivity contribution in [3.8, 4) is 0 Å². The zero-order valence-corrected chi connectivity index (χ0v) is 24.2. The number of nitrogens with one attached hydrogen (secondary N) is 2. The molecule has 2 aromatic carbocycles. The summed E-state index contributed by atoms with van der Waals surface area (Å²) in [6.45, 7) is 3.16. The first-order chi connectivity index (χ1) is 19.2. The van der Waals surface area contributed by atoms with E-state index in [4.69, 9.17) is 0 Å². The van der Waals surface area contributed by atoms with Crippen molar-refractivity contribution in [2.24, 2.45) is 11.8 Å². The number of carbonyl (C=O) groups excluding carboxylic acids is 1. The number of hydrogen-bond acceptors (Lipinski definition) is 5. The van der Waals surface area contributed by atoms with E-state index in [9.17, 15) is 18.3 Å². The van der Waals surface area contributed by atoms with E-state index < -0.39 is 22.2 Å². The van der Waals surface area contributed by atoms with Crippen LogP contribution in [0.4, 0.5) is 5.69 Å². The fourth-order valence-corrected chi connectivity index (χ4v) is 8.35. The van der Waals surface area contributed by atoms with Gasteiger partial charge in [0.25, 0.3) is 5.91 Å². The Hall–Kier alpha value is -2.88. The van der Waals surface area contributed by atoms with Gasteiger partial charge in [-0.2, -0.15) is 0 Å². The van der Waals surface area contributed by atoms with E-state index in [0.717, 1.165) is 27.9 Å². The highest BCUT2D eigenvalue weighted by atomic mass is 32.2. The van der Waals surface area contributed by atoms with Crippen LogP contribution in [-0.2, 0) is 29.4 Å². The highest BCUT2D eigenvalue weighted by Gasteiger charge is 2.39. The monoisotopic (exact) mass is 564 g/mol. The van der Waals surface area contributed by atoms with E-state index in [-0.39, 0.29) is 11.7 Å². The van der Waals surface area contributed by atoms with Crippen molar-refractivity contribution in [2.45, 2.75) is 70.2 Å². The zero-order chi connectivity index (χ0) is 28.0. The summed E-state index contributed by atoms with van der Waals surface area (Å²) < 4.78 is 29.2. The number of aliphatic hydroxyl groups excluding tert-OH is 1. The Labute approximate surface area is 236 Å². The van der Waals surface area contributed by atoms with Crippen LogP contribution in [0.2, 0.25) is 0 Å². The molecule has 3 N–H and O–H groups in total. The molecule has 3 unspecified atom stereocenters. The summed E-state index contributed by atoms with van der Waals surface area (Å²) in [5.74, 6) is 1.21. The number of carbonyl (C=O) groups is 1. The molecule has 1 aromatic heterocycles. The molecule has 0 radical (unpaired) electrons. The molecule has 214 valence electrons. The second kappa shape index (κ2) is 10.8. The molecule has 6 rings (SSSR count). The molecule has 1 aliphatic heterocycles. The number of aromatic nitrogens is 1. The van der Waals surface area contributed by atoms with Crippen molar-refractivity contribution >= 4 is 32.5 Å². The van der Waals surface area contributed by atoms with Gasteiger partial charge < -0.3 is 20.3 Å². The average molecular weight is 565 g/mol. The average Bonchev–Trinajstić information content (AvgIpc) is 3.67. The molecular weight excluding hydrogens is 524 g/mol. The van der Waals surface area contributed by atoms with Gasteiger partial charge in [-0.05, 0) is 74.1 Å². The summed E-state index contributed by atoms with van der Waals surface area (Å²) in [6, 6.07) is 13.4. The van der Waals surface area contributed by atoms with E-state index in [1.807, 2.05) is 49.5 Å². The van der Waals surface area contributed by atoms with Crippen molar-refractivity contribution in [2.75, 3.05) is 23.7 Å². The van der Waals surface area contributed by atoms with Crippen LogP contribution in [0.1, 0.15) is 54.1 Å². The molecule has 2 aliphatic carbocycles. The maximum Gasteiger partial charge on any atom is 0.251 e. The fourth-order valence-electron chi connectivity index (χ4n) is 7.16. The lowest BCUT2D eigenvalue weighted by atomic mass is 9.94. The first kappa shape index (κ1) is 27.3. The summed E-state index contributed by atoms with van der Waals surface area (Å²) in [5.41, 5.74) is 3.78. The van der Waals surface area contributed by atoms with Gasteiger partial charge in [0.2, 0.25) is 10.0 Å². The van der Waals surface area contributed by atoms with E-state index >= 15 is 0 Å². The number of rotatable bonds is 9. The van der Waals surface area contributed by atoms with E-state index in [1.165, 1.54) is 30.0 Å². The molecule has 2 heterocycles. The molecule has 8 nitrogen and oxygen atoms in total. The number of nitrogens with zero attached hydrogens (tertiary/aromatic N) is 2. The predicted molar refractivity (Wildman–Crippen MR) is 158 cm³/mol. The summed E-state index contributed by atoms with van der Waals surface area (Å²) in [6.07, 6.45) is 7.21. The van der Waals surface area contributed by atoms with Crippen LogP contribution in [0.15, 0.2) is 48.7 Å². The molecule has 9 heteroatoms. The number of benzene rings is 2. The lowest BCUT2D eigenvalue weighted by Crippen LogP contribution is -2.50. The van der Waals surface area contributed by atoms with Crippen LogP contribution in [0.3, 0.4) is 0 Å². The molecular formula is C31H40N4O4S. The Bertz CT molecular complexity index is 1500. The van der Waals surface area contributed by atoms with Gasteiger partial charge in [0.15, 0.2) is 0 Å². The first-order valence-electron chi connectivity index (χ1n) is 14.6. The van der Waals surface area contributed by atoms with Gasteiger partial charge in [0.1, 0.15) is 0 Å². The van der Waals surface area contributed by atoms with Crippen LogP contribution >= 0.6 is 0 Å². The number of hydrogen-bond donors (Lipinski definition) is 3. The maximum atomic E-state index is 13.8. The highest BCUT2D eigenvalue weighted by Crippen LogP contribution is 2.44. The molecule has 40 heavy (non-hydrogen) atoms. The topological polar surface area (TPSA) is 104 Å². The Morgan fingerprint density at radius 2 is 1.95 bits per heavy atom. The lowest BCUT2D eigenvalue weighted by Gasteiger charge is -2.29. The second-order valence-electron chi connectivity index (χ2n) is 11.9. The standard InChI is InChI=1S/C31H40N4O4S/c1-3-35-19-23-11-12-40(38,39)34(2)27-16-24(17-28(35)30(23)27)31(37)33-26(14-20-7-5-4-6-8-20)29(36)18-32-25-15-21-9-10-22(25)13-21/h4-8,16-17,19,21-22,25-26,29,32,36H,3,9-15,18H2,1-2H3,(H,33,37)/t21?,22?,25?,26-,29+/m0/s1. The van der Waals surface area contributed by atoms with Crippen molar-refractivity contribution < 1.29 is 18.3 Å². The minimum atomic E-state index is -3.50. The molecule has 2 bridgehead atoms. The lowest BCUT2D eigenvalue weighted by molar-refractivity contribution is 0.0819. The number of amides is 1. The largest absolute Gasteiger partial charge is 0.390 e. The Balaban J connectivity index is 1.28. The van der Waals surface area contributed by atoms with E-state index in [0.29, 0.717) is 49.1 Å². The summed E-state index contributed by atoms with van der Waals surface area (Å²) in [5, 5.41) is 18.9. The number of fused-ring (bicyclic) bond motifs is 2. The first-order valence-corrected chi connectivity index (χ1v) is 16.2. The van der Waals surface area contributed by atoms with Crippen molar-refractivity contribution in [1.82, 2.24) is 15.2 Å². The number of anilines is 1. The molecule has 0 spiro atoms. The van der Waals surface area contributed by atoms with Crippen LogP contribution < -0.4 is 14.9 Å². The zero-order valence-electron chi connectivity index (χ0n) is 23.3. The molecule has 0 saturated heterocycles. The van der Waals surface area contributed by atoms with E-state index in [1.54, 1.807) is 13.1 Å². The molecule has 2 saturated carbocycles. The Morgan fingerprint density at radius 3 is 2.65 bits per heavy atom. The van der Waals surface area contributed by atoms with Gasteiger partial charge >= 0.3 is 0 Å². The summed E-state index contributed by atoms with van der Waals surface area (Å²) in [4.78, 5) is 13.8. The van der Waals surface area contributed by atoms with Crippen molar-refractivity contribution in [3.63, 3.8) is 0 Å². The molecule has 3 aliphatic rings. The third kappa shape index (κ3) is 5.15. The summed E-state index contributed by atoms with van der Waals surface area (Å²) >= 11 is 0. The normalized spacial score (nSPS) is 24.7. The smallest absolute Gasteiger partial charge is 0.251 e. The predicted octanol–water partition coefficient (Wildman–Crippen LogP) is 3.46. The van der Waals surface area contributed by atoms with Crippen LogP contribution in [-0.4, -0.2) is 61.5 Å². The van der Waals surface area contributed by atoms with Crippen molar-refractivity contribution in [3.05, 3.63) is 65.4 Å². The maximum absolute atomic E-state index is 13.8. The minimum absolute atomic E-state index is 0.0312. The van der Waals surface area contributed by atoms with Gasteiger partial charge in [-0.3, -0.25) is 9.10 Å². The Kier molecular flexibility index (Phi) is 7.39. The third-order valence-corrected chi connectivity index (χ3v) is 11.2. The SMILES string of the molecule is CCn1cc2c3c(cc(C(=O)N[C@@H](Cc4ccccc4)[C@H](O)CNC4CC5CCC4C5)cc31)N(C)S(=O)(=O)CC2. The van der Waals surface area contributed by atoms with Gasteiger partial charge in [-0.25, -0.2) is 8.42 Å². The van der Waals surface area contributed by atoms with Gasteiger partial charge in [-0.1, -0.05) is 36.8 Å². The quantitative estimate of drug-likeness (QED) is 0.369. The van der Waals surface area contributed by atoms with E-state index in [2.05, 4.69) is 15.2 Å². The second-order valence-corrected chi connectivity index (χ2v) is 14.0. The van der Waals surface area contributed by atoms with Gasteiger partial charge in [-0.15, -0.1) is 0 Å². The van der Waals surface area contributed by atoms with Crippen LogP contribution in [0.5, 0.6) is 0 Å². The Morgan fingerprint density at radius 1 is 1.15 bits per heavy atom. The number of aliphatic hydroxyl groups is 1. The number of aryl methyl sites for hydroxylation is 2. The van der Waals surface area contributed by atoms with Crippen LogP contribution in [0, 0.1) is 11.8 Å². The van der Waals surface area contributed by atoms with Crippen molar-refractivity contribution in [1.29, 1.82) is 0 Å². The van der Waals surface area contributed by atoms with Gasteiger partial charge in [0, 0.05) is 43.3 Å². The fraction of sp³-hybridized carbons (Fsp3) is 0.516.